The molecule has 0 saturated carbocycles. The van der Waals surface area contributed by atoms with Crippen molar-refractivity contribution in [3.05, 3.63) is 64.6 Å². The molecule has 0 N–H and O–H groups in total. The van der Waals surface area contributed by atoms with Gasteiger partial charge in [-0.05, 0) is 30.3 Å². The summed E-state index contributed by atoms with van der Waals surface area (Å²) in [4.78, 5) is 24.3. The Bertz CT molecular complexity index is 844. The molecule has 0 bridgehead atoms. The van der Waals surface area contributed by atoms with Gasteiger partial charge in [-0.2, -0.15) is 0 Å². The molecule has 20 heavy (non-hydrogen) atoms. The van der Waals surface area contributed by atoms with Gasteiger partial charge in [0, 0.05) is 5.56 Å². The minimum Gasteiger partial charge on any atom is -0.497 e. The van der Waals surface area contributed by atoms with Gasteiger partial charge in [-0.25, -0.2) is 9.36 Å². The molecule has 5 nitrogen and oxygen atoms in total. The van der Waals surface area contributed by atoms with Crippen molar-refractivity contribution < 1.29 is 13.9 Å². The Morgan fingerprint density at radius 3 is 2.75 bits per heavy atom. The number of carbonyl (C=O) groups excluding carboxylic acids is 1. The molecule has 0 saturated heterocycles. The molecule has 3 rings (SSSR count). The number of carbonyl (C=O) groups is 1. The van der Waals surface area contributed by atoms with E-state index in [4.69, 9.17) is 9.15 Å². The highest BCUT2D eigenvalue weighted by Crippen LogP contribution is 2.17. The van der Waals surface area contributed by atoms with Crippen molar-refractivity contribution in [2.75, 3.05) is 7.11 Å². The molecule has 0 fully saturated rings. The molecule has 100 valence electrons. The quantitative estimate of drug-likeness (QED) is 0.716. The summed E-state index contributed by atoms with van der Waals surface area (Å²) in [5, 5.41) is 0. The van der Waals surface area contributed by atoms with Crippen LogP contribution in [0.1, 0.15) is 10.4 Å². The molecule has 2 aromatic carbocycles. The summed E-state index contributed by atoms with van der Waals surface area (Å²) in [7, 11) is 1.52. The van der Waals surface area contributed by atoms with Crippen LogP contribution >= 0.6 is 0 Å². The number of para-hydroxylation sites is 2. The van der Waals surface area contributed by atoms with E-state index in [1.807, 2.05) is 0 Å². The first-order chi connectivity index (χ1) is 9.70. The van der Waals surface area contributed by atoms with Crippen LogP contribution in [0.3, 0.4) is 0 Å². The van der Waals surface area contributed by atoms with Gasteiger partial charge in [-0.3, -0.25) is 4.79 Å². The molecular weight excluding hydrogens is 258 g/mol. The second kappa shape index (κ2) is 4.70. The molecule has 0 unspecified atom stereocenters. The number of ether oxygens (including phenoxy) is 1. The highest BCUT2D eigenvalue weighted by Gasteiger charge is 2.17. The van der Waals surface area contributed by atoms with E-state index in [-0.39, 0.29) is 0 Å². The maximum absolute atomic E-state index is 12.5. The summed E-state index contributed by atoms with van der Waals surface area (Å²) in [6, 6.07) is 13.4. The van der Waals surface area contributed by atoms with Crippen molar-refractivity contribution in [2.24, 2.45) is 0 Å². The van der Waals surface area contributed by atoms with Crippen molar-refractivity contribution in [3.8, 4) is 5.75 Å². The first-order valence-electron chi connectivity index (χ1n) is 6.00. The fourth-order valence-electron chi connectivity index (χ4n) is 2.04. The predicted octanol–water partition coefficient (Wildman–Crippen LogP) is 2.29. The van der Waals surface area contributed by atoms with Crippen LogP contribution in [0, 0.1) is 0 Å². The summed E-state index contributed by atoms with van der Waals surface area (Å²) in [6.45, 7) is 0. The van der Waals surface area contributed by atoms with Crippen molar-refractivity contribution in [2.45, 2.75) is 0 Å². The minimum absolute atomic E-state index is 0.359. The lowest BCUT2D eigenvalue weighted by Crippen LogP contribution is -2.23. The number of fused-ring (bicyclic) bond motifs is 1. The van der Waals surface area contributed by atoms with Crippen molar-refractivity contribution in [3.63, 3.8) is 0 Å². The highest BCUT2D eigenvalue weighted by atomic mass is 16.5. The molecular formula is C15H11NO4. The van der Waals surface area contributed by atoms with Gasteiger partial charge in [0.15, 0.2) is 5.58 Å². The lowest BCUT2D eigenvalue weighted by atomic mass is 10.2. The van der Waals surface area contributed by atoms with Gasteiger partial charge in [0.25, 0.3) is 5.91 Å². The van der Waals surface area contributed by atoms with Crippen molar-refractivity contribution in [1.29, 1.82) is 0 Å². The Labute approximate surface area is 114 Å². The number of hydrogen-bond acceptors (Lipinski definition) is 4. The Morgan fingerprint density at radius 2 is 1.95 bits per heavy atom. The van der Waals surface area contributed by atoms with Crippen LogP contribution < -0.4 is 10.5 Å². The number of hydrogen-bond donors (Lipinski definition) is 0. The van der Waals surface area contributed by atoms with Crippen LogP contribution in [0.25, 0.3) is 11.1 Å². The van der Waals surface area contributed by atoms with Crippen LogP contribution in [0.4, 0.5) is 0 Å². The number of oxazole rings is 1. The number of rotatable bonds is 2. The second-order valence-electron chi connectivity index (χ2n) is 4.21. The van der Waals surface area contributed by atoms with Crippen LogP contribution in [0.5, 0.6) is 5.75 Å². The predicted molar refractivity (Wildman–Crippen MR) is 73.2 cm³/mol. The minimum atomic E-state index is -0.695. The summed E-state index contributed by atoms with van der Waals surface area (Å²) < 4.78 is 11.1. The van der Waals surface area contributed by atoms with Crippen LogP contribution in [0.2, 0.25) is 0 Å². The van der Waals surface area contributed by atoms with Gasteiger partial charge >= 0.3 is 5.76 Å². The number of benzene rings is 2. The highest BCUT2D eigenvalue weighted by molar-refractivity contribution is 6.00. The van der Waals surface area contributed by atoms with Gasteiger partial charge < -0.3 is 9.15 Å². The smallest absolute Gasteiger partial charge is 0.427 e. The zero-order valence-corrected chi connectivity index (χ0v) is 10.7. The SMILES string of the molecule is COc1cccc(C(=O)n2c(=O)oc3ccccc32)c1. The van der Waals surface area contributed by atoms with E-state index in [1.165, 1.54) is 7.11 Å². The summed E-state index contributed by atoms with van der Waals surface area (Å²) in [5.74, 6) is -0.588. The molecule has 5 heteroatoms. The van der Waals surface area contributed by atoms with Crippen LogP contribution in [-0.2, 0) is 0 Å². The molecule has 0 aliphatic rings. The molecule has 0 aliphatic carbocycles. The molecule has 0 radical (unpaired) electrons. The average molecular weight is 269 g/mol. The van der Waals surface area contributed by atoms with Crippen molar-refractivity contribution >= 4 is 17.0 Å². The molecule has 0 spiro atoms. The summed E-state index contributed by atoms with van der Waals surface area (Å²) in [5.41, 5.74) is 1.19. The lowest BCUT2D eigenvalue weighted by molar-refractivity contribution is 0.0956. The molecule has 3 aromatic rings. The standard InChI is InChI=1S/C15H11NO4/c1-19-11-6-4-5-10(9-11)14(17)16-12-7-2-3-8-13(12)20-15(16)18/h2-9H,1H3. The Hall–Kier alpha value is -2.82. The molecule has 0 amide bonds. The van der Waals surface area contributed by atoms with E-state index in [0.717, 1.165) is 4.57 Å². The van der Waals surface area contributed by atoms with E-state index in [9.17, 15) is 9.59 Å². The fourth-order valence-corrected chi connectivity index (χ4v) is 2.04. The monoisotopic (exact) mass is 269 g/mol. The third-order valence-electron chi connectivity index (χ3n) is 3.01. The average Bonchev–Trinajstić information content (AvgIpc) is 2.82. The van der Waals surface area contributed by atoms with E-state index < -0.39 is 11.7 Å². The van der Waals surface area contributed by atoms with Gasteiger partial charge in [-0.15, -0.1) is 0 Å². The van der Waals surface area contributed by atoms with Gasteiger partial charge in [-0.1, -0.05) is 18.2 Å². The zero-order valence-electron chi connectivity index (χ0n) is 10.7. The second-order valence-corrected chi connectivity index (χ2v) is 4.21. The number of methoxy groups -OCH3 is 1. The third-order valence-corrected chi connectivity index (χ3v) is 3.01. The molecule has 0 aliphatic heterocycles. The lowest BCUT2D eigenvalue weighted by Gasteiger charge is -2.04. The third kappa shape index (κ3) is 1.89. The Kier molecular flexibility index (Phi) is 2.87. The topological polar surface area (TPSA) is 61.4 Å². The normalized spacial score (nSPS) is 10.7. The maximum Gasteiger partial charge on any atom is 0.427 e. The van der Waals surface area contributed by atoms with Gasteiger partial charge in [0.1, 0.15) is 5.75 Å². The van der Waals surface area contributed by atoms with Gasteiger partial charge in [0.2, 0.25) is 0 Å². The van der Waals surface area contributed by atoms with E-state index >= 15 is 0 Å². The van der Waals surface area contributed by atoms with Crippen LogP contribution in [-0.4, -0.2) is 17.6 Å². The van der Waals surface area contributed by atoms with E-state index in [0.29, 0.717) is 22.4 Å². The number of nitrogens with zero attached hydrogens (tertiary/aromatic N) is 1. The maximum atomic E-state index is 12.5. The Morgan fingerprint density at radius 1 is 1.15 bits per heavy atom. The first-order valence-corrected chi connectivity index (χ1v) is 6.00. The van der Waals surface area contributed by atoms with Crippen molar-refractivity contribution in [1.82, 2.24) is 4.57 Å². The first kappa shape index (κ1) is 12.2. The fraction of sp³-hybridized carbons (Fsp3) is 0.0667. The zero-order chi connectivity index (χ0) is 14.1. The summed E-state index contributed by atoms with van der Waals surface area (Å²) >= 11 is 0. The Balaban J connectivity index is 2.17. The number of aromatic nitrogens is 1. The molecule has 1 heterocycles. The largest absolute Gasteiger partial charge is 0.497 e. The van der Waals surface area contributed by atoms with E-state index in [1.54, 1.807) is 48.5 Å². The molecule has 1 aromatic heterocycles. The van der Waals surface area contributed by atoms with E-state index in [2.05, 4.69) is 0 Å². The summed E-state index contributed by atoms with van der Waals surface area (Å²) in [6.07, 6.45) is 0. The van der Waals surface area contributed by atoms with Gasteiger partial charge in [0.05, 0.1) is 12.6 Å². The van der Waals surface area contributed by atoms with Crippen LogP contribution in [0.15, 0.2) is 57.7 Å². The molecule has 0 atom stereocenters.